The SMILES string of the molecule is CCCC(=O)N1CCCC(C(=O)Nc2nc3c(C)cc(C)cc3s2)C1. The van der Waals surface area contributed by atoms with Gasteiger partial charge in [-0.05, 0) is 50.3 Å². The van der Waals surface area contributed by atoms with Crippen molar-refractivity contribution in [2.45, 2.75) is 46.5 Å². The molecule has 134 valence electrons. The van der Waals surface area contributed by atoms with Gasteiger partial charge in [0.15, 0.2) is 5.13 Å². The number of anilines is 1. The molecule has 1 aliphatic heterocycles. The van der Waals surface area contributed by atoms with Crippen molar-refractivity contribution in [3.05, 3.63) is 23.3 Å². The van der Waals surface area contributed by atoms with E-state index in [9.17, 15) is 9.59 Å². The maximum absolute atomic E-state index is 12.6. The van der Waals surface area contributed by atoms with Gasteiger partial charge in [-0.25, -0.2) is 4.98 Å². The Hall–Kier alpha value is -1.95. The minimum Gasteiger partial charge on any atom is -0.342 e. The third kappa shape index (κ3) is 4.00. The van der Waals surface area contributed by atoms with Crippen LogP contribution in [0.3, 0.4) is 0 Å². The lowest BCUT2D eigenvalue weighted by molar-refractivity contribution is -0.134. The number of piperidine rings is 1. The number of likely N-dealkylation sites (tertiary alicyclic amines) is 1. The summed E-state index contributed by atoms with van der Waals surface area (Å²) < 4.78 is 1.09. The van der Waals surface area contributed by atoms with E-state index in [0.29, 0.717) is 18.1 Å². The molecule has 2 aromatic rings. The maximum atomic E-state index is 12.6. The summed E-state index contributed by atoms with van der Waals surface area (Å²) in [5, 5.41) is 3.61. The second-order valence-corrected chi connectivity index (χ2v) is 7.90. The van der Waals surface area contributed by atoms with Gasteiger partial charge in [0.05, 0.1) is 16.1 Å². The molecule has 0 bridgehead atoms. The first-order valence-corrected chi connectivity index (χ1v) is 9.76. The number of amides is 2. The van der Waals surface area contributed by atoms with Crippen molar-refractivity contribution >= 4 is 38.5 Å². The molecule has 3 rings (SSSR count). The van der Waals surface area contributed by atoms with E-state index in [-0.39, 0.29) is 17.7 Å². The Balaban J connectivity index is 1.69. The first kappa shape index (κ1) is 17.9. The first-order valence-electron chi connectivity index (χ1n) is 8.94. The molecular formula is C19H25N3O2S. The normalized spacial score (nSPS) is 17.7. The van der Waals surface area contributed by atoms with E-state index in [1.807, 2.05) is 18.7 Å². The largest absolute Gasteiger partial charge is 0.342 e. The van der Waals surface area contributed by atoms with Crippen LogP contribution in [0, 0.1) is 19.8 Å². The Labute approximate surface area is 152 Å². The fourth-order valence-electron chi connectivity index (χ4n) is 3.42. The van der Waals surface area contributed by atoms with Gasteiger partial charge >= 0.3 is 0 Å². The number of fused-ring (bicyclic) bond motifs is 1. The molecule has 1 fully saturated rings. The van der Waals surface area contributed by atoms with E-state index in [2.05, 4.69) is 29.4 Å². The lowest BCUT2D eigenvalue weighted by Crippen LogP contribution is -2.43. The molecule has 2 heterocycles. The summed E-state index contributed by atoms with van der Waals surface area (Å²) in [4.78, 5) is 31.1. The molecule has 0 spiro atoms. The van der Waals surface area contributed by atoms with Crippen LogP contribution in [0.5, 0.6) is 0 Å². The van der Waals surface area contributed by atoms with Gasteiger partial charge in [0.25, 0.3) is 0 Å². The molecule has 5 nitrogen and oxygen atoms in total. The van der Waals surface area contributed by atoms with E-state index in [1.54, 1.807) is 0 Å². The highest BCUT2D eigenvalue weighted by Gasteiger charge is 2.28. The number of hydrogen-bond acceptors (Lipinski definition) is 4. The van der Waals surface area contributed by atoms with Crippen LogP contribution in [-0.2, 0) is 9.59 Å². The van der Waals surface area contributed by atoms with Crippen LogP contribution in [0.2, 0.25) is 0 Å². The smallest absolute Gasteiger partial charge is 0.231 e. The van der Waals surface area contributed by atoms with Crippen LogP contribution < -0.4 is 5.32 Å². The van der Waals surface area contributed by atoms with Gasteiger partial charge in [0.2, 0.25) is 11.8 Å². The summed E-state index contributed by atoms with van der Waals surface area (Å²) in [6.45, 7) is 7.39. The van der Waals surface area contributed by atoms with Crippen molar-refractivity contribution in [1.29, 1.82) is 0 Å². The van der Waals surface area contributed by atoms with Crippen molar-refractivity contribution in [3.8, 4) is 0 Å². The predicted octanol–water partition coefficient (Wildman–Crippen LogP) is 3.89. The molecule has 1 unspecified atom stereocenters. The minimum absolute atomic E-state index is 0.0255. The van der Waals surface area contributed by atoms with Crippen molar-refractivity contribution in [2.24, 2.45) is 5.92 Å². The number of nitrogens with zero attached hydrogens (tertiary/aromatic N) is 2. The van der Waals surface area contributed by atoms with Crippen molar-refractivity contribution < 1.29 is 9.59 Å². The zero-order valence-electron chi connectivity index (χ0n) is 15.1. The zero-order chi connectivity index (χ0) is 18.0. The molecule has 1 saturated heterocycles. The number of benzene rings is 1. The summed E-state index contributed by atoms with van der Waals surface area (Å²) >= 11 is 1.51. The highest BCUT2D eigenvalue weighted by Crippen LogP contribution is 2.30. The number of carbonyl (C=O) groups is 2. The van der Waals surface area contributed by atoms with Crippen LogP contribution >= 0.6 is 11.3 Å². The van der Waals surface area contributed by atoms with Crippen LogP contribution in [0.4, 0.5) is 5.13 Å². The van der Waals surface area contributed by atoms with E-state index in [0.717, 1.165) is 41.6 Å². The monoisotopic (exact) mass is 359 g/mol. The number of hydrogen-bond donors (Lipinski definition) is 1. The van der Waals surface area contributed by atoms with Crippen LogP contribution in [-0.4, -0.2) is 34.8 Å². The molecule has 0 saturated carbocycles. The Morgan fingerprint density at radius 2 is 2.16 bits per heavy atom. The Morgan fingerprint density at radius 1 is 1.36 bits per heavy atom. The number of nitrogens with one attached hydrogen (secondary N) is 1. The molecule has 2 amide bonds. The van der Waals surface area contributed by atoms with Crippen molar-refractivity contribution in [2.75, 3.05) is 18.4 Å². The highest BCUT2D eigenvalue weighted by atomic mass is 32.1. The highest BCUT2D eigenvalue weighted by molar-refractivity contribution is 7.22. The van der Waals surface area contributed by atoms with Gasteiger partial charge in [0.1, 0.15) is 0 Å². The lowest BCUT2D eigenvalue weighted by atomic mass is 9.97. The predicted molar refractivity (Wildman–Crippen MR) is 102 cm³/mol. The molecule has 0 radical (unpaired) electrons. The van der Waals surface area contributed by atoms with E-state index >= 15 is 0 Å². The van der Waals surface area contributed by atoms with Gasteiger partial charge in [-0.2, -0.15) is 0 Å². The molecule has 25 heavy (non-hydrogen) atoms. The summed E-state index contributed by atoms with van der Waals surface area (Å²) in [5.41, 5.74) is 3.28. The van der Waals surface area contributed by atoms with E-state index in [4.69, 9.17) is 0 Å². The fourth-order valence-corrected chi connectivity index (χ4v) is 4.47. The molecular weight excluding hydrogens is 334 g/mol. The molecule has 1 aromatic carbocycles. The summed E-state index contributed by atoms with van der Waals surface area (Å²) in [5.74, 6) is -0.0158. The maximum Gasteiger partial charge on any atom is 0.231 e. The zero-order valence-corrected chi connectivity index (χ0v) is 15.9. The Kier molecular flexibility index (Phi) is 5.37. The topological polar surface area (TPSA) is 62.3 Å². The second-order valence-electron chi connectivity index (χ2n) is 6.87. The standard InChI is InChI=1S/C19H25N3O2S/c1-4-6-16(23)22-8-5-7-14(11-22)18(24)21-19-20-17-13(3)9-12(2)10-15(17)25-19/h9-10,14H,4-8,11H2,1-3H3,(H,20,21,24). The summed E-state index contributed by atoms with van der Waals surface area (Å²) in [7, 11) is 0. The average Bonchev–Trinajstić information content (AvgIpc) is 2.98. The average molecular weight is 359 g/mol. The molecule has 0 aliphatic carbocycles. The number of thiazole rings is 1. The molecule has 1 atom stereocenters. The number of rotatable bonds is 4. The fraction of sp³-hybridized carbons (Fsp3) is 0.526. The number of aryl methyl sites for hydroxylation is 2. The quantitative estimate of drug-likeness (QED) is 0.901. The Bertz CT molecular complexity index is 799. The van der Waals surface area contributed by atoms with Crippen LogP contribution in [0.25, 0.3) is 10.2 Å². The van der Waals surface area contributed by atoms with Gasteiger partial charge < -0.3 is 10.2 Å². The van der Waals surface area contributed by atoms with Gasteiger partial charge in [-0.3, -0.25) is 9.59 Å². The van der Waals surface area contributed by atoms with E-state index < -0.39 is 0 Å². The summed E-state index contributed by atoms with van der Waals surface area (Å²) in [6.07, 6.45) is 3.11. The minimum atomic E-state index is -0.149. The van der Waals surface area contributed by atoms with Crippen molar-refractivity contribution in [3.63, 3.8) is 0 Å². The molecule has 6 heteroatoms. The molecule has 1 aliphatic rings. The van der Waals surface area contributed by atoms with Crippen LogP contribution in [0.1, 0.15) is 43.7 Å². The summed E-state index contributed by atoms with van der Waals surface area (Å²) in [6, 6.07) is 4.20. The lowest BCUT2D eigenvalue weighted by Gasteiger charge is -2.31. The molecule has 1 aromatic heterocycles. The molecule has 1 N–H and O–H groups in total. The number of carbonyl (C=O) groups excluding carboxylic acids is 2. The first-order chi connectivity index (χ1) is 12.0. The van der Waals surface area contributed by atoms with Gasteiger partial charge in [0, 0.05) is 19.5 Å². The van der Waals surface area contributed by atoms with E-state index in [1.165, 1.54) is 16.9 Å². The van der Waals surface area contributed by atoms with Gasteiger partial charge in [-0.15, -0.1) is 0 Å². The third-order valence-corrected chi connectivity index (χ3v) is 5.59. The van der Waals surface area contributed by atoms with Crippen LogP contribution in [0.15, 0.2) is 12.1 Å². The second kappa shape index (κ2) is 7.52. The van der Waals surface area contributed by atoms with Crippen molar-refractivity contribution in [1.82, 2.24) is 9.88 Å². The third-order valence-electron chi connectivity index (χ3n) is 4.67. The van der Waals surface area contributed by atoms with Gasteiger partial charge in [-0.1, -0.05) is 24.3 Å². The number of aromatic nitrogens is 1. The Morgan fingerprint density at radius 3 is 2.92 bits per heavy atom.